The van der Waals surface area contributed by atoms with E-state index in [4.69, 9.17) is 21.1 Å². The van der Waals surface area contributed by atoms with Crippen LogP contribution in [0.5, 0.6) is 11.5 Å². The summed E-state index contributed by atoms with van der Waals surface area (Å²) in [6.07, 6.45) is -0.214. The van der Waals surface area contributed by atoms with Gasteiger partial charge in [0.1, 0.15) is 5.15 Å². The van der Waals surface area contributed by atoms with Crippen LogP contribution in [0.15, 0.2) is 53.6 Å². The fourth-order valence-corrected chi connectivity index (χ4v) is 4.11. The second-order valence-electron chi connectivity index (χ2n) is 7.51. The molecule has 0 N–H and O–H groups in total. The molecule has 9 heteroatoms. The summed E-state index contributed by atoms with van der Waals surface area (Å²) < 4.78 is 10.7. The van der Waals surface area contributed by atoms with Gasteiger partial charge in [0.15, 0.2) is 11.5 Å². The van der Waals surface area contributed by atoms with Crippen molar-refractivity contribution in [3.8, 4) is 11.5 Å². The van der Waals surface area contributed by atoms with Crippen molar-refractivity contribution < 1.29 is 24.2 Å². The zero-order valence-corrected chi connectivity index (χ0v) is 18.8. The quantitative estimate of drug-likeness (QED) is 0.495. The first kappa shape index (κ1) is 22.5. The van der Waals surface area contributed by atoms with E-state index in [1.165, 1.54) is 12.1 Å². The molecule has 0 aliphatic carbocycles. The number of halogens is 1. The molecule has 33 heavy (non-hydrogen) atoms. The third-order valence-corrected chi connectivity index (χ3v) is 5.78. The summed E-state index contributed by atoms with van der Waals surface area (Å²) in [5, 5.41) is 17.7. The number of carboxylic acid groups (broad SMARTS) is 1. The van der Waals surface area contributed by atoms with Crippen LogP contribution in [0, 0.1) is 0 Å². The largest absolute Gasteiger partial charge is 0.550 e. The summed E-state index contributed by atoms with van der Waals surface area (Å²) in [6.45, 7) is 0. The maximum atomic E-state index is 12.9. The number of fused-ring (bicyclic) bond motifs is 1. The molecule has 0 unspecified atom stereocenters. The number of pyridine rings is 1. The van der Waals surface area contributed by atoms with Crippen LogP contribution in [-0.2, 0) is 9.59 Å². The van der Waals surface area contributed by atoms with E-state index in [-0.39, 0.29) is 18.0 Å². The summed E-state index contributed by atoms with van der Waals surface area (Å²) in [4.78, 5) is 28.3. The summed E-state index contributed by atoms with van der Waals surface area (Å²) in [5.74, 6) is -0.665. The maximum absolute atomic E-state index is 12.9. The summed E-state index contributed by atoms with van der Waals surface area (Å²) in [5.41, 5.74) is 2.78. The average molecular weight is 467 g/mol. The van der Waals surface area contributed by atoms with Gasteiger partial charge in [0.25, 0.3) is 0 Å². The molecule has 1 aliphatic rings. The number of amides is 1. The number of rotatable bonds is 7. The van der Waals surface area contributed by atoms with E-state index in [1.807, 2.05) is 36.4 Å². The zero-order valence-electron chi connectivity index (χ0n) is 18.1. The molecule has 1 atom stereocenters. The number of hydrazone groups is 1. The molecule has 170 valence electrons. The van der Waals surface area contributed by atoms with E-state index in [0.29, 0.717) is 34.7 Å². The molecule has 8 nitrogen and oxygen atoms in total. The van der Waals surface area contributed by atoms with Crippen molar-refractivity contribution in [1.82, 2.24) is 9.99 Å². The Labute approximate surface area is 195 Å². The summed E-state index contributed by atoms with van der Waals surface area (Å²) in [6, 6.07) is 14.3. The van der Waals surface area contributed by atoms with Crippen LogP contribution >= 0.6 is 11.6 Å². The van der Waals surface area contributed by atoms with Crippen molar-refractivity contribution >= 4 is 40.1 Å². The van der Waals surface area contributed by atoms with Gasteiger partial charge in [-0.25, -0.2) is 9.99 Å². The molecule has 3 aromatic rings. The fourth-order valence-electron chi connectivity index (χ4n) is 3.84. The van der Waals surface area contributed by atoms with Crippen molar-refractivity contribution in [2.45, 2.75) is 25.3 Å². The Balaban J connectivity index is 1.76. The topological polar surface area (TPSA) is 104 Å². The lowest BCUT2D eigenvalue weighted by molar-refractivity contribution is -0.305. The van der Waals surface area contributed by atoms with Crippen LogP contribution in [0.1, 0.15) is 36.4 Å². The molecule has 2 heterocycles. The second-order valence-corrected chi connectivity index (χ2v) is 7.87. The number of aliphatic carboxylic acids is 1. The monoisotopic (exact) mass is 466 g/mol. The number of ether oxygens (including phenoxy) is 2. The SMILES string of the molecule is COc1cc2cc([C@H]3CC(c4ccccc4)=NN3C(=O)CCC(=O)[O-])c(Cl)nc2cc1OC. The van der Waals surface area contributed by atoms with E-state index in [9.17, 15) is 14.7 Å². The number of carbonyl (C=O) groups excluding carboxylic acids is 2. The smallest absolute Gasteiger partial charge is 0.243 e. The Bertz CT molecular complexity index is 1250. The van der Waals surface area contributed by atoms with Gasteiger partial charge in [-0.15, -0.1) is 0 Å². The number of aromatic nitrogens is 1. The summed E-state index contributed by atoms with van der Waals surface area (Å²) >= 11 is 6.57. The van der Waals surface area contributed by atoms with Crippen LogP contribution in [0.3, 0.4) is 0 Å². The van der Waals surface area contributed by atoms with Gasteiger partial charge in [-0.05, 0) is 24.1 Å². The Morgan fingerprint density at radius 3 is 2.45 bits per heavy atom. The molecule has 1 amide bonds. The van der Waals surface area contributed by atoms with Crippen molar-refractivity contribution in [3.05, 3.63) is 64.8 Å². The zero-order chi connectivity index (χ0) is 23.5. The van der Waals surface area contributed by atoms with E-state index in [0.717, 1.165) is 10.9 Å². The lowest BCUT2D eigenvalue weighted by Gasteiger charge is -2.23. The second kappa shape index (κ2) is 9.46. The van der Waals surface area contributed by atoms with Crippen molar-refractivity contribution in [2.24, 2.45) is 5.10 Å². The predicted molar refractivity (Wildman–Crippen MR) is 121 cm³/mol. The molecule has 0 bridgehead atoms. The van der Waals surface area contributed by atoms with Gasteiger partial charge in [0, 0.05) is 35.8 Å². The molecular formula is C24H21ClN3O5-. The number of nitrogens with zero attached hydrogens (tertiary/aromatic N) is 3. The Morgan fingerprint density at radius 1 is 1.09 bits per heavy atom. The minimum Gasteiger partial charge on any atom is -0.550 e. The number of hydrogen-bond donors (Lipinski definition) is 0. The third kappa shape index (κ3) is 4.61. The molecule has 4 rings (SSSR count). The van der Waals surface area contributed by atoms with Gasteiger partial charge >= 0.3 is 0 Å². The van der Waals surface area contributed by atoms with E-state index < -0.39 is 17.9 Å². The fraction of sp³-hybridized carbons (Fsp3) is 0.250. The van der Waals surface area contributed by atoms with Crippen molar-refractivity contribution in [3.63, 3.8) is 0 Å². The highest BCUT2D eigenvalue weighted by Crippen LogP contribution is 2.39. The van der Waals surface area contributed by atoms with Gasteiger partial charge in [-0.1, -0.05) is 41.9 Å². The van der Waals surface area contributed by atoms with Crippen LogP contribution in [0.25, 0.3) is 10.9 Å². The predicted octanol–water partition coefficient (Wildman–Crippen LogP) is 3.11. The molecule has 1 aliphatic heterocycles. The van der Waals surface area contributed by atoms with Crippen LogP contribution < -0.4 is 14.6 Å². The average Bonchev–Trinajstić information content (AvgIpc) is 3.27. The third-order valence-electron chi connectivity index (χ3n) is 5.48. The highest BCUT2D eigenvalue weighted by Gasteiger charge is 2.34. The number of hydrogen-bond acceptors (Lipinski definition) is 7. The summed E-state index contributed by atoms with van der Waals surface area (Å²) in [7, 11) is 3.08. The van der Waals surface area contributed by atoms with Gasteiger partial charge in [-0.3, -0.25) is 4.79 Å². The molecule has 0 spiro atoms. The van der Waals surface area contributed by atoms with Crippen LogP contribution in [-0.4, -0.2) is 41.8 Å². The highest BCUT2D eigenvalue weighted by molar-refractivity contribution is 6.30. The Hall–Kier alpha value is -3.65. The number of carboxylic acids is 1. The van der Waals surface area contributed by atoms with Crippen LogP contribution in [0.2, 0.25) is 5.15 Å². The minimum absolute atomic E-state index is 0.224. The standard InChI is InChI=1S/C24H22ClN3O5/c1-32-20-11-15-10-16(24(25)26-17(15)13-21(20)33-2)19-12-18(14-6-4-3-5-7-14)27-28(19)22(29)8-9-23(30)31/h3-7,10-11,13,19H,8-9,12H2,1-2H3,(H,30,31)/p-1/t19-/m1/s1. The maximum Gasteiger partial charge on any atom is 0.243 e. The normalized spacial score (nSPS) is 15.4. The lowest BCUT2D eigenvalue weighted by Crippen LogP contribution is -2.30. The first-order valence-electron chi connectivity index (χ1n) is 10.3. The van der Waals surface area contributed by atoms with Crippen LogP contribution in [0.4, 0.5) is 0 Å². The Kier molecular flexibility index (Phi) is 6.46. The van der Waals surface area contributed by atoms with Crippen molar-refractivity contribution in [1.29, 1.82) is 0 Å². The Morgan fingerprint density at radius 2 is 1.79 bits per heavy atom. The van der Waals surface area contributed by atoms with Gasteiger partial charge in [0.2, 0.25) is 5.91 Å². The lowest BCUT2D eigenvalue weighted by atomic mass is 9.98. The first-order valence-corrected chi connectivity index (χ1v) is 10.7. The van der Waals surface area contributed by atoms with Gasteiger partial charge in [0.05, 0.1) is 31.5 Å². The van der Waals surface area contributed by atoms with E-state index in [2.05, 4.69) is 10.1 Å². The minimum atomic E-state index is -1.29. The molecule has 2 aromatic carbocycles. The van der Waals surface area contributed by atoms with E-state index >= 15 is 0 Å². The highest BCUT2D eigenvalue weighted by atomic mass is 35.5. The molecule has 0 fully saturated rings. The van der Waals surface area contributed by atoms with Crippen molar-refractivity contribution in [2.75, 3.05) is 14.2 Å². The number of benzene rings is 2. The molecule has 0 radical (unpaired) electrons. The molecule has 1 aromatic heterocycles. The molecule has 0 saturated carbocycles. The first-order chi connectivity index (χ1) is 15.9. The number of methoxy groups -OCH3 is 2. The van der Waals surface area contributed by atoms with Gasteiger partial charge in [-0.2, -0.15) is 5.10 Å². The molecule has 0 saturated heterocycles. The van der Waals surface area contributed by atoms with Gasteiger partial charge < -0.3 is 19.4 Å². The number of carbonyl (C=O) groups is 2. The molecular weight excluding hydrogens is 446 g/mol. The van der Waals surface area contributed by atoms with E-state index in [1.54, 1.807) is 19.2 Å².